The van der Waals surface area contributed by atoms with Crippen LogP contribution >= 0.6 is 0 Å². The lowest BCUT2D eigenvalue weighted by Gasteiger charge is -2.08. The maximum Gasteiger partial charge on any atom is 0.0562 e. The van der Waals surface area contributed by atoms with Crippen molar-refractivity contribution < 1.29 is 0 Å². The standard InChI is InChI=1S/C31H22N2/c1-32-28-15-9-8-14-24(28)26-19-27-25-18-22(21-10-4-2-5-11-21)16-17-29(25)33(31(27)20-30(26)32)23-12-6-3-7-13-23/h2-20H,1H3. The summed E-state index contributed by atoms with van der Waals surface area (Å²) in [4.78, 5) is 0. The molecule has 0 saturated heterocycles. The van der Waals surface area contributed by atoms with Crippen LogP contribution in [0.3, 0.4) is 0 Å². The number of rotatable bonds is 2. The summed E-state index contributed by atoms with van der Waals surface area (Å²) in [5.41, 5.74) is 8.66. The molecule has 0 atom stereocenters. The van der Waals surface area contributed by atoms with E-state index in [0.29, 0.717) is 0 Å². The SMILES string of the molecule is Cn1c2ccccc2c2cc3c4cc(-c5ccccc5)ccc4n(-c4ccccc4)c3cc21. The minimum atomic E-state index is 1.18. The van der Waals surface area contributed by atoms with E-state index in [1.807, 2.05) is 0 Å². The first-order chi connectivity index (χ1) is 16.3. The molecular weight excluding hydrogens is 400 g/mol. The summed E-state index contributed by atoms with van der Waals surface area (Å²) in [5, 5.41) is 5.18. The van der Waals surface area contributed by atoms with E-state index in [2.05, 4.69) is 131 Å². The number of aryl methyl sites for hydroxylation is 1. The zero-order chi connectivity index (χ0) is 21.9. The van der Waals surface area contributed by atoms with Gasteiger partial charge in [-0.3, -0.25) is 0 Å². The lowest BCUT2D eigenvalue weighted by Crippen LogP contribution is -1.94. The van der Waals surface area contributed by atoms with Gasteiger partial charge in [0.15, 0.2) is 0 Å². The Labute approximate surface area is 191 Å². The molecule has 0 unspecified atom stereocenters. The largest absolute Gasteiger partial charge is 0.344 e. The molecule has 7 rings (SSSR count). The Balaban J connectivity index is 1.66. The molecule has 0 radical (unpaired) electrons. The minimum absolute atomic E-state index is 1.18. The van der Waals surface area contributed by atoms with Gasteiger partial charge < -0.3 is 9.13 Å². The van der Waals surface area contributed by atoms with Crippen molar-refractivity contribution in [2.75, 3.05) is 0 Å². The van der Waals surface area contributed by atoms with E-state index in [1.54, 1.807) is 0 Å². The minimum Gasteiger partial charge on any atom is -0.344 e. The van der Waals surface area contributed by atoms with Gasteiger partial charge >= 0.3 is 0 Å². The summed E-state index contributed by atoms with van der Waals surface area (Å²) in [7, 11) is 2.17. The molecule has 156 valence electrons. The zero-order valence-electron chi connectivity index (χ0n) is 18.4. The van der Waals surface area contributed by atoms with Crippen LogP contribution in [0.4, 0.5) is 0 Å². The molecule has 2 aromatic heterocycles. The van der Waals surface area contributed by atoms with Crippen LogP contribution in [0.15, 0.2) is 115 Å². The predicted octanol–water partition coefficient (Wildman–Crippen LogP) is 8.10. The van der Waals surface area contributed by atoms with Crippen LogP contribution in [0.5, 0.6) is 0 Å². The number of nitrogens with zero attached hydrogens (tertiary/aromatic N) is 2. The van der Waals surface area contributed by atoms with Gasteiger partial charge in [-0.15, -0.1) is 0 Å². The van der Waals surface area contributed by atoms with Gasteiger partial charge in [0, 0.05) is 39.8 Å². The second kappa shape index (κ2) is 6.85. The molecule has 0 aliphatic heterocycles. The van der Waals surface area contributed by atoms with E-state index < -0.39 is 0 Å². The van der Waals surface area contributed by atoms with Gasteiger partial charge in [0.05, 0.1) is 16.6 Å². The summed E-state index contributed by atoms with van der Waals surface area (Å²) in [6.07, 6.45) is 0. The molecule has 0 amide bonds. The normalized spacial score (nSPS) is 11.8. The number of aromatic nitrogens is 2. The van der Waals surface area contributed by atoms with Gasteiger partial charge in [0.2, 0.25) is 0 Å². The van der Waals surface area contributed by atoms with Gasteiger partial charge in [-0.1, -0.05) is 72.8 Å². The van der Waals surface area contributed by atoms with Crippen molar-refractivity contribution in [3.63, 3.8) is 0 Å². The Hall–Kier alpha value is -4.30. The van der Waals surface area contributed by atoms with Crippen LogP contribution in [-0.2, 0) is 7.05 Å². The number of benzene rings is 5. The maximum atomic E-state index is 2.40. The Morgan fingerprint density at radius 3 is 1.91 bits per heavy atom. The third-order valence-electron chi connectivity index (χ3n) is 6.92. The smallest absolute Gasteiger partial charge is 0.0562 e. The van der Waals surface area contributed by atoms with Crippen molar-refractivity contribution in [1.29, 1.82) is 0 Å². The molecule has 33 heavy (non-hydrogen) atoms. The molecule has 0 spiro atoms. The molecule has 0 bridgehead atoms. The van der Waals surface area contributed by atoms with Crippen LogP contribution in [0.25, 0.3) is 60.4 Å². The van der Waals surface area contributed by atoms with Crippen molar-refractivity contribution in [2.45, 2.75) is 0 Å². The van der Waals surface area contributed by atoms with E-state index in [-0.39, 0.29) is 0 Å². The van der Waals surface area contributed by atoms with Gasteiger partial charge in [-0.25, -0.2) is 0 Å². The second-order valence-electron chi connectivity index (χ2n) is 8.73. The fourth-order valence-corrected chi connectivity index (χ4v) is 5.34. The highest BCUT2D eigenvalue weighted by atomic mass is 15.0. The monoisotopic (exact) mass is 422 g/mol. The first-order valence-corrected chi connectivity index (χ1v) is 11.4. The first kappa shape index (κ1) is 18.3. The summed E-state index contributed by atoms with van der Waals surface area (Å²) >= 11 is 0. The summed E-state index contributed by atoms with van der Waals surface area (Å²) < 4.78 is 4.71. The van der Waals surface area contributed by atoms with Crippen LogP contribution < -0.4 is 0 Å². The fraction of sp³-hybridized carbons (Fsp3) is 0.0323. The third kappa shape index (κ3) is 2.61. The first-order valence-electron chi connectivity index (χ1n) is 11.4. The maximum absolute atomic E-state index is 2.40. The number of fused-ring (bicyclic) bond motifs is 6. The second-order valence-corrected chi connectivity index (χ2v) is 8.73. The van der Waals surface area contributed by atoms with E-state index >= 15 is 0 Å². The Bertz CT molecular complexity index is 1800. The van der Waals surface area contributed by atoms with Crippen LogP contribution in [-0.4, -0.2) is 9.13 Å². The predicted molar refractivity (Wildman–Crippen MR) is 140 cm³/mol. The Morgan fingerprint density at radius 2 is 1.09 bits per heavy atom. The highest BCUT2D eigenvalue weighted by Gasteiger charge is 2.17. The zero-order valence-corrected chi connectivity index (χ0v) is 18.4. The fourth-order valence-electron chi connectivity index (χ4n) is 5.34. The van der Waals surface area contributed by atoms with E-state index in [0.717, 1.165) is 0 Å². The van der Waals surface area contributed by atoms with Crippen molar-refractivity contribution in [2.24, 2.45) is 7.05 Å². The molecule has 7 aromatic rings. The highest BCUT2D eigenvalue weighted by Crippen LogP contribution is 2.39. The lowest BCUT2D eigenvalue weighted by atomic mass is 10.0. The van der Waals surface area contributed by atoms with Gasteiger partial charge in [-0.05, 0) is 53.6 Å². The molecule has 0 aliphatic carbocycles. The van der Waals surface area contributed by atoms with E-state index in [9.17, 15) is 0 Å². The average Bonchev–Trinajstić information content (AvgIpc) is 3.35. The lowest BCUT2D eigenvalue weighted by molar-refractivity contribution is 1.01. The van der Waals surface area contributed by atoms with Crippen molar-refractivity contribution in [3.05, 3.63) is 115 Å². The molecule has 0 saturated carbocycles. The van der Waals surface area contributed by atoms with Crippen molar-refractivity contribution in [3.8, 4) is 16.8 Å². The quantitative estimate of drug-likeness (QED) is 0.266. The van der Waals surface area contributed by atoms with Gasteiger partial charge in [0.1, 0.15) is 0 Å². The van der Waals surface area contributed by atoms with Crippen LogP contribution in [0, 0.1) is 0 Å². The van der Waals surface area contributed by atoms with Crippen molar-refractivity contribution >= 4 is 43.6 Å². The van der Waals surface area contributed by atoms with Crippen LogP contribution in [0.1, 0.15) is 0 Å². The average molecular weight is 423 g/mol. The van der Waals surface area contributed by atoms with Crippen LogP contribution in [0.2, 0.25) is 0 Å². The van der Waals surface area contributed by atoms with Crippen molar-refractivity contribution in [1.82, 2.24) is 9.13 Å². The molecule has 0 fully saturated rings. The van der Waals surface area contributed by atoms with E-state index in [1.165, 1.54) is 60.4 Å². The molecule has 0 N–H and O–H groups in total. The van der Waals surface area contributed by atoms with Gasteiger partial charge in [0.25, 0.3) is 0 Å². The third-order valence-corrected chi connectivity index (χ3v) is 6.92. The summed E-state index contributed by atoms with van der Waals surface area (Å²) in [6, 6.07) is 41.6. The molecule has 2 heteroatoms. The topological polar surface area (TPSA) is 9.86 Å². The number of hydrogen-bond acceptors (Lipinski definition) is 0. The number of hydrogen-bond donors (Lipinski definition) is 0. The Morgan fingerprint density at radius 1 is 0.424 bits per heavy atom. The molecule has 5 aromatic carbocycles. The summed E-state index contributed by atoms with van der Waals surface area (Å²) in [6.45, 7) is 0. The summed E-state index contributed by atoms with van der Waals surface area (Å²) in [5.74, 6) is 0. The molecule has 0 aliphatic rings. The molecular formula is C31H22N2. The van der Waals surface area contributed by atoms with E-state index in [4.69, 9.17) is 0 Å². The Kier molecular flexibility index (Phi) is 3.80. The molecule has 2 heterocycles. The highest BCUT2D eigenvalue weighted by molar-refractivity contribution is 6.19. The number of para-hydroxylation sites is 2. The molecule has 2 nitrogen and oxygen atoms in total. The van der Waals surface area contributed by atoms with Gasteiger partial charge in [-0.2, -0.15) is 0 Å².